The van der Waals surface area contributed by atoms with Crippen LogP contribution in [0.5, 0.6) is 0 Å². The number of benzene rings is 3. The molecule has 0 saturated carbocycles. The summed E-state index contributed by atoms with van der Waals surface area (Å²) in [5, 5.41) is 0. The second-order valence-corrected chi connectivity index (χ2v) is 9.15. The molecule has 0 saturated heterocycles. The Morgan fingerprint density at radius 2 is 1.00 bits per heavy atom. The van der Waals surface area contributed by atoms with E-state index in [1.165, 1.54) is 13.1 Å². The Balaban J connectivity index is 2.17. The predicted molar refractivity (Wildman–Crippen MR) is 88.4 cm³/mol. The van der Waals surface area contributed by atoms with Crippen molar-refractivity contribution in [1.29, 1.82) is 0 Å². The fourth-order valence-corrected chi connectivity index (χ4v) is 7.23. The SMILES string of the molecule is Nc1ccccc1[As](c1ccccc1)c1ccccc1. The van der Waals surface area contributed by atoms with Crippen LogP contribution in [-0.4, -0.2) is 14.7 Å². The third kappa shape index (κ3) is 2.64. The van der Waals surface area contributed by atoms with Crippen molar-refractivity contribution in [3.8, 4) is 0 Å². The zero-order chi connectivity index (χ0) is 13.8. The summed E-state index contributed by atoms with van der Waals surface area (Å²) < 4.78 is 4.12. The summed E-state index contributed by atoms with van der Waals surface area (Å²) in [6, 6.07) is 29.7. The molecule has 0 radical (unpaired) electrons. The van der Waals surface area contributed by atoms with Crippen molar-refractivity contribution in [3.05, 3.63) is 84.9 Å². The molecule has 2 N–H and O–H groups in total. The number of rotatable bonds is 3. The van der Waals surface area contributed by atoms with Gasteiger partial charge in [0.2, 0.25) is 0 Å². The number of para-hydroxylation sites is 1. The van der Waals surface area contributed by atoms with Crippen LogP contribution in [0.3, 0.4) is 0 Å². The molecular formula is C18H16AsN. The Morgan fingerprint density at radius 3 is 1.50 bits per heavy atom. The standard InChI is InChI=1S/C18H16AsN/c20-18-14-8-7-13-17(18)19(15-9-3-1-4-10-15)16-11-5-2-6-12-16/h1-14H,20H2. The molecular weight excluding hydrogens is 305 g/mol. The second kappa shape index (κ2) is 5.98. The fraction of sp³-hybridized carbons (Fsp3) is 0. The molecule has 2 heteroatoms. The predicted octanol–water partition coefficient (Wildman–Crippen LogP) is 1.79. The minimum absolute atomic E-state index is 0.903. The molecule has 3 aromatic rings. The molecule has 1 nitrogen and oxygen atoms in total. The summed E-state index contributed by atoms with van der Waals surface area (Å²) in [5.41, 5.74) is 7.14. The second-order valence-electron chi connectivity index (χ2n) is 4.57. The molecule has 0 aliphatic rings. The van der Waals surface area contributed by atoms with Crippen molar-refractivity contribution < 1.29 is 0 Å². The van der Waals surface area contributed by atoms with Gasteiger partial charge in [-0.05, 0) is 0 Å². The molecule has 0 bridgehead atoms. The molecule has 0 unspecified atom stereocenters. The van der Waals surface area contributed by atoms with Gasteiger partial charge in [-0.2, -0.15) is 0 Å². The number of nitrogen functional groups attached to an aromatic ring is 1. The van der Waals surface area contributed by atoms with Crippen molar-refractivity contribution in [2.24, 2.45) is 0 Å². The van der Waals surface area contributed by atoms with Gasteiger partial charge >= 0.3 is 124 Å². The first-order valence-corrected chi connectivity index (χ1v) is 9.42. The van der Waals surface area contributed by atoms with Gasteiger partial charge in [0.25, 0.3) is 0 Å². The normalized spacial score (nSPS) is 10.7. The van der Waals surface area contributed by atoms with E-state index in [1.54, 1.807) is 0 Å². The average molecular weight is 321 g/mol. The van der Waals surface area contributed by atoms with Crippen LogP contribution in [0.2, 0.25) is 0 Å². The van der Waals surface area contributed by atoms with Crippen LogP contribution >= 0.6 is 0 Å². The van der Waals surface area contributed by atoms with Gasteiger partial charge in [0, 0.05) is 0 Å². The average Bonchev–Trinajstić information content (AvgIpc) is 2.52. The van der Waals surface area contributed by atoms with Gasteiger partial charge in [-0.1, -0.05) is 0 Å². The van der Waals surface area contributed by atoms with E-state index in [4.69, 9.17) is 5.73 Å². The fourth-order valence-electron chi connectivity index (χ4n) is 2.27. The maximum absolute atomic E-state index is 6.23. The van der Waals surface area contributed by atoms with E-state index >= 15 is 0 Å². The van der Waals surface area contributed by atoms with Gasteiger partial charge in [0.05, 0.1) is 0 Å². The van der Waals surface area contributed by atoms with Gasteiger partial charge in [-0.3, -0.25) is 0 Å². The molecule has 0 fully saturated rings. The Hall–Kier alpha value is -1.98. The summed E-state index contributed by atoms with van der Waals surface area (Å²) in [6.07, 6.45) is 0. The maximum atomic E-state index is 6.23. The van der Waals surface area contributed by atoms with Gasteiger partial charge in [0.1, 0.15) is 0 Å². The molecule has 0 aromatic heterocycles. The van der Waals surface area contributed by atoms with Crippen molar-refractivity contribution in [2.75, 3.05) is 5.73 Å². The minimum atomic E-state index is -1.56. The van der Waals surface area contributed by atoms with Gasteiger partial charge in [0.15, 0.2) is 0 Å². The van der Waals surface area contributed by atoms with Crippen LogP contribution < -0.4 is 18.8 Å². The van der Waals surface area contributed by atoms with Crippen LogP contribution in [-0.2, 0) is 0 Å². The van der Waals surface area contributed by atoms with E-state index in [2.05, 4.69) is 72.8 Å². The van der Waals surface area contributed by atoms with E-state index in [1.807, 2.05) is 12.1 Å². The molecule has 98 valence electrons. The third-order valence-electron chi connectivity index (χ3n) is 3.21. The topological polar surface area (TPSA) is 26.0 Å². The zero-order valence-electron chi connectivity index (χ0n) is 11.1. The monoisotopic (exact) mass is 321 g/mol. The van der Waals surface area contributed by atoms with Gasteiger partial charge in [-0.15, -0.1) is 0 Å². The quantitative estimate of drug-likeness (QED) is 0.578. The molecule has 0 aliphatic carbocycles. The van der Waals surface area contributed by atoms with Gasteiger partial charge in [-0.25, -0.2) is 0 Å². The zero-order valence-corrected chi connectivity index (χ0v) is 13.0. The first kappa shape index (κ1) is 13.0. The van der Waals surface area contributed by atoms with Crippen LogP contribution in [0.15, 0.2) is 84.9 Å². The van der Waals surface area contributed by atoms with E-state index in [0.29, 0.717) is 0 Å². The van der Waals surface area contributed by atoms with Crippen LogP contribution in [0.4, 0.5) is 5.69 Å². The molecule has 3 rings (SSSR count). The van der Waals surface area contributed by atoms with Crippen molar-refractivity contribution in [2.45, 2.75) is 0 Å². The summed E-state index contributed by atoms with van der Waals surface area (Å²) in [6.45, 7) is 0. The molecule has 0 heterocycles. The first-order chi connectivity index (χ1) is 9.86. The van der Waals surface area contributed by atoms with Crippen molar-refractivity contribution >= 4 is 33.4 Å². The van der Waals surface area contributed by atoms with Gasteiger partial charge < -0.3 is 0 Å². The Morgan fingerprint density at radius 1 is 0.550 bits per heavy atom. The Bertz CT molecular complexity index is 641. The molecule has 0 amide bonds. The van der Waals surface area contributed by atoms with Crippen LogP contribution in [0.25, 0.3) is 0 Å². The number of hydrogen-bond donors (Lipinski definition) is 1. The summed E-state index contributed by atoms with van der Waals surface area (Å²) in [4.78, 5) is 0. The molecule has 3 aromatic carbocycles. The number of nitrogens with two attached hydrogens (primary N) is 1. The van der Waals surface area contributed by atoms with E-state index in [0.717, 1.165) is 5.69 Å². The van der Waals surface area contributed by atoms with Crippen LogP contribution in [0.1, 0.15) is 0 Å². The summed E-state index contributed by atoms with van der Waals surface area (Å²) in [5.74, 6) is 0. The van der Waals surface area contributed by atoms with Crippen molar-refractivity contribution in [1.82, 2.24) is 0 Å². The Labute approximate surface area is 124 Å². The van der Waals surface area contributed by atoms with Crippen molar-refractivity contribution in [3.63, 3.8) is 0 Å². The summed E-state index contributed by atoms with van der Waals surface area (Å²) >= 11 is -1.56. The van der Waals surface area contributed by atoms with E-state index in [9.17, 15) is 0 Å². The number of hydrogen-bond acceptors (Lipinski definition) is 1. The van der Waals surface area contributed by atoms with E-state index < -0.39 is 14.7 Å². The summed E-state index contributed by atoms with van der Waals surface area (Å²) in [7, 11) is 0. The molecule has 0 aliphatic heterocycles. The molecule has 20 heavy (non-hydrogen) atoms. The molecule has 0 atom stereocenters. The Kier molecular flexibility index (Phi) is 3.89. The first-order valence-electron chi connectivity index (χ1n) is 6.61. The third-order valence-corrected chi connectivity index (χ3v) is 8.49. The molecule has 0 spiro atoms. The number of anilines is 1. The van der Waals surface area contributed by atoms with Crippen LogP contribution in [0, 0.1) is 0 Å². The van der Waals surface area contributed by atoms with E-state index in [-0.39, 0.29) is 0 Å².